The molecule has 0 saturated carbocycles. The minimum Gasteiger partial charge on any atom is -0.340 e. The second-order valence-corrected chi connectivity index (χ2v) is 9.41. The lowest BCUT2D eigenvalue weighted by molar-refractivity contribution is -0.132. The van der Waals surface area contributed by atoms with Gasteiger partial charge in [-0.1, -0.05) is 12.1 Å². The van der Waals surface area contributed by atoms with Crippen molar-refractivity contribution in [3.63, 3.8) is 0 Å². The third-order valence-electron chi connectivity index (χ3n) is 5.37. The largest absolute Gasteiger partial charge is 0.340 e. The first kappa shape index (κ1) is 20.8. The topological polar surface area (TPSA) is 82.8 Å². The molecule has 0 bridgehead atoms. The third-order valence-corrected chi connectivity index (χ3v) is 7.05. The molecule has 0 aromatic carbocycles. The molecule has 5 rings (SSSR count). The van der Waals surface area contributed by atoms with E-state index in [4.69, 9.17) is 0 Å². The predicted octanol–water partition coefficient (Wildman–Crippen LogP) is 2.99. The van der Waals surface area contributed by atoms with Crippen molar-refractivity contribution < 1.29 is 9.59 Å². The van der Waals surface area contributed by atoms with Gasteiger partial charge in [-0.05, 0) is 23.6 Å². The van der Waals surface area contributed by atoms with Gasteiger partial charge in [0.25, 0.3) is 5.91 Å². The summed E-state index contributed by atoms with van der Waals surface area (Å²) in [5.41, 5.74) is 2.68. The fraction of sp³-hybridized carbons (Fsp3) is 0.273. The maximum absolute atomic E-state index is 12.7. The van der Waals surface area contributed by atoms with Crippen molar-refractivity contribution in [1.82, 2.24) is 24.2 Å². The van der Waals surface area contributed by atoms with Crippen molar-refractivity contribution in [3.8, 4) is 0 Å². The van der Waals surface area contributed by atoms with Crippen LogP contribution >= 0.6 is 22.7 Å². The van der Waals surface area contributed by atoms with Crippen LogP contribution in [-0.4, -0.2) is 62.2 Å². The monoisotopic (exact) mass is 466 g/mol. The van der Waals surface area contributed by atoms with E-state index in [9.17, 15) is 9.59 Å². The molecule has 5 heterocycles. The normalized spacial score (nSPS) is 14.7. The fourth-order valence-electron chi connectivity index (χ4n) is 3.73. The van der Waals surface area contributed by atoms with Crippen molar-refractivity contribution in [2.45, 2.75) is 13.0 Å². The molecule has 1 aliphatic heterocycles. The predicted molar refractivity (Wildman–Crippen MR) is 125 cm³/mol. The zero-order chi connectivity index (χ0) is 21.9. The van der Waals surface area contributed by atoms with Crippen molar-refractivity contribution in [2.75, 3.05) is 31.5 Å². The van der Waals surface area contributed by atoms with E-state index >= 15 is 0 Å². The molecule has 0 radical (unpaired) electrons. The van der Waals surface area contributed by atoms with Crippen LogP contribution in [0.3, 0.4) is 0 Å². The number of thiophene rings is 1. The zero-order valence-corrected chi connectivity index (χ0v) is 18.9. The number of nitrogens with one attached hydrogen (secondary N) is 1. The van der Waals surface area contributed by atoms with Gasteiger partial charge in [0.15, 0.2) is 5.13 Å². The quantitative estimate of drug-likeness (QED) is 0.472. The Morgan fingerprint density at radius 2 is 1.88 bits per heavy atom. The van der Waals surface area contributed by atoms with E-state index in [-0.39, 0.29) is 18.2 Å². The van der Waals surface area contributed by atoms with Crippen LogP contribution < -0.4 is 5.32 Å². The number of thiazole rings is 1. The second-order valence-electron chi connectivity index (χ2n) is 7.61. The van der Waals surface area contributed by atoms with Crippen LogP contribution in [0.5, 0.6) is 0 Å². The average Bonchev–Trinajstić information content (AvgIpc) is 3.55. The van der Waals surface area contributed by atoms with Gasteiger partial charge in [-0.3, -0.25) is 19.8 Å². The number of nitrogens with zero attached hydrogens (tertiary/aromatic N) is 5. The Kier molecular flexibility index (Phi) is 5.97. The van der Waals surface area contributed by atoms with E-state index < -0.39 is 0 Å². The molecule has 1 N–H and O–H groups in total. The molecular formula is C22H22N6O2S2. The second kappa shape index (κ2) is 9.19. The summed E-state index contributed by atoms with van der Waals surface area (Å²) in [5.74, 6) is -0.104. The molecule has 4 aromatic rings. The number of hydrogen-bond donors (Lipinski definition) is 1. The molecule has 1 saturated heterocycles. The number of amides is 2. The summed E-state index contributed by atoms with van der Waals surface area (Å²) in [6.07, 6.45) is 4.31. The van der Waals surface area contributed by atoms with E-state index in [1.807, 2.05) is 50.5 Å². The number of aromatic nitrogens is 3. The highest BCUT2D eigenvalue weighted by atomic mass is 32.1. The number of pyridine rings is 1. The summed E-state index contributed by atoms with van der Waals surface area (Å²) in [7, 11) is 0. The first-order chi connectivity index (χ1) is 15.6. The Balaban J connectivity index is 1.11. The summed E-state index contributed by atoms with van der Waals surface area (Å²) in [4.78, 5) is 38.8. The Morgan fingerprint density at radius 3 is 2.66 bits per heavy atom. The maximum Gasteiger partial charge on any atom is 0.267 e. The lowest BCUT2D eigenvalue weighted by atomic mass is 10.2. The highest BCUT2D eigenvalue weighted by Gasteiger charge is 2.22. The standard InChI is InChI=1S/C22H22N6O2S2/c29-20(12-16-15-32-22(24-16)25-21(30)18-4-3-11-31-18)27-9-7-26(8-10-27)13-17-14-28-6-2-1-5-19(28)23-17/h1-6,11,14-15H,7-10,12-13H2,(H,24,25,30). The van der Waals surface area contributed by atoms with Crippen molar-refractivity contribution >= 4 is 45.3 Å². The fourth-order valence-corrected chi connectivity index (χ4v) is 5.05. The third kappa shape index (κ3) is 4.72. The van der Waals surface area contributed by atoms with Gasteiger partial charge < -0.3 is 9.30 Å². The van der Waals surface area contributed by atoms with Crippen LogP contribution in [0.15, 0.2) is 53.5 Å². The van der Waals surface area contributed by atoms with Crippen molar-refractivity contribution in [2.24, 2.45) is 0 Å². The van der Waals surface area contributed by atoms with Gasteiger partial charge in [-0.25, -0.2) is 9.97 Å². The van der Waals surface area contributed by atoms with Crippen LogP contribution in [0.25, 0.3) is 5.65 Å². The minimum atomic E-state index is -0.172. The van der Waals surface area contributed by atoms with Gasteiger partial charge in [0, 0.05) is 50.5 Å². The lowest BCUT2D eigenvalue weighted by Gasteiger charge is -2.34. The highest BCUT2D eigenvalue weighted by Crippen LogP contribution is 2.19. The molecule has 0 spiro atoms. The summed E-state index contributed by atoms with van der Waals surface area (Å²) in [6.45, 7) is 3.80. The first-order valence-corrected chi connectivity index (χ1v) is 12.1. The summed E-state index contributed by atoms with van der Waals surface area (Å²) in [6, 6.07) is 9.58. The van der Waals surface area contributed by atoms with Crippen LogP contribution in [-0.2, 0) is 17.8 Å². The van der Waals surface area contributed by atoms with Gasteiger partial charge in [0.05, 0.1) is 22.7 Å². The minimum absolute atomic E-state index is 0.0683. The maximum atomic E-state index is 12.7. The number of anilines is 1. The summed E-state index contributed by atoms with van der Waals surface area (Å²) < 4.78 is 2.03. The van der Waals surface area contributed by atoms with Crippen LogP contribution in [0.4, 0.5) is 5.13 Å². The Bertz CT molecular complexity index is 1190. The molecule has 4 aromatic heterocycles. The number of carbonyl (C=O) groups is 2. The molecule has 1 aliphatic rings. The van der Waals surface area contributed by atoms with Gasteiger partial charge in [-0.2, -0.15) is 0 Å². The molecule has 1 fully saturated rings. The molecule has 0 aliphatic carbocycles. The van der Waals surface area contributed by atoms with E-state index in [1.165, 1.54) is 22.7 Å². The van der Waals surface area contributed by atoms with Crippen molar-refractivity contribution in [1.29, 1.82) is 0 Å². The van der Waals surface area contributed by atoms with Crippen LogP contribution in [0.2, 0.25) is 0 Å². The summed E-state index contributed by atoms with van der Waals surface area (Å²) in [5, 5.41) is 7.01. The number of hydrogen-bond acceptors (Lipinski definition) is 7. The van der Waals surface area contributed by atoms with Gasteiger partial charge in [0.1, 0.15) is 5.65 Å². The summed E-state index contributed by atoms with van der Waals surface area (Å²) >= 11 is 2.72. The molecule has 0 unspecified atom stereocenters. The van der Waals surface area contributed by atoms with E-state index in [2.05, 4.69) is 26.4 Å². The molecule has 2 amide bonds. The number of carbonyl (C=O) groups excluding carboxylic acids is 2. The van der Waals surface area contributed by atoms with Gasteiger partial charge >= 0.3 is 0 Å². The first-order valence-electron chi connectivity index (χ1n) is 10.4. The molecule has 8 nitrogen and oxygen atoms in total. The Labute approximate surface area is 193 Å². The van der Waals surface area contributed by atoms with Crippen molar-refractivity contribution in [3.05, 3.63) is 69.8 Å². The van der Waals surface area contributed by atoms with Gasteiger partial charge in [0.2, 0.25) is 5.91 Å². The molecular weight excluding hydrogens is 444 g/mol. The zero-order valence-electron chi connectivity index (χ0n) is 17.3. The lowest BCUT2D eigenvalue weighted by Crippen LogP contribution is -2.48. The molecule has 32 heavy (non-hydrogen) atoms. The SMILES string of the molecule is O=C(Nc1nc(CC(=O)N2CCN(Cc3cn4ccccc4n3)CC2)cs1)c1cccs1. The Morgan fingerprint density at radius 1 is 1.00 bits per heavy atom. The van der Waals surface area contributed by atoms with E-state index in [0.29, 0.717) is 28.8 Å². The number of imidazole rings is 1. The molecule has 164 valence electrons. The van der Waals surface area contributed by atoms with Gasteiger partial charge in [-0.15, -0.1) is 22.7 Å². The number of fused-ring (bicyclic) bond motifs is 1. The number of rotatable bonds is 6. The Hall–Kier alpha value is -3.08. The van der Waals surface area contributed by atoms with Crippen LogP contribution in [0.1, 0.15) is 21.1 Å². The molecule has 0 atom stereocenters. The highest BCUT2D eigenvalue weighted by molar-refractivity contribution is 7.14. The molecule has 10 heteroatoms. The van der Waals surface area contributed by atoms with E-state index in [1.54, 1.807) is 6.07 Å². The number of piperazine rings is 1. The average molecular weight is 467 g/mol. The van der Waals surface area contributed by atoms with Crippen LogP contribution in [0, 0.1) is 0 Å². The van der Waals surface area contributed by atoms with E-state index in [0.717, 1.165) is 31.0 Å². The smallest absolute Gasteiger partial charge is 0.267 e.